The highest BCUT2D eigenvalue weighted by Crippen LogP contribution is 2.25. The molecule has 40 heavy (non-hydrogen) atoms. The molecule has 2 N–H and O–H groups in total. The van der Waals surface area contributed by atoms with Gasteiger partial charge in [-0.1, -0.05) is 65.9 Å². The van der Waals surface area contributed by atoms with E-state index in [0.29, 0.717) is 33.0 Å². The van der Waals surface area contributed by atoms with Crippen LogP contribution in [0, 0.1) is 17.8 Å². The van der Waals surface area contributed by atoms with Gasteiger partial charge in [0.2, 0.25) is 5.43 Å². The number of carbonyl (C=O) groups excluding carboxylic acids is 1. The molecule has 1 aromatic heterocycles. The van der Waals surface area contributed by atoms with Crippen LogP contribution in [-0.2, 0) is 24.8 Å². The first-order valence-electron chi connectivity index (χ1n) is 13.3. The van der Waals surface area contributed by atoms with Crippen molar-refractivity contribution in [2.75, 3.05) is 13.2 Å². The lowest BCUT2D eigenvalue weighted by atomic mass is 9.90. The molecule has 4 aromatic rings. The lowest BCUT2D eigenvalue weighted by Crippen LogP contribution is -2.31. The van der Waals surface area contributed by atoms with Gasteiger partial charge < -0.3 is 15.2 Å². The van der Waals surface area contributed by atoms with Crippen molar-refractivity contribution >= 4 is 28.4 Å². The number of fused-ring (bicyclic) bond motifs is 1. The van der Waals surface area contributed by atoms with Gasteiger partial charge in [0.25, 0.3) is 5.91 Å². The van der Waals surface area contributed by atoms with Crippen LogP contribution >= 0.6 is 11.6 Å². The van der Waals surface area contributed by atoms with E-state index >= 15 is 0 Å². The molecule has 1 fully saturated rings. The Morgan fingerprint density at radius 3 is 2.58 bits per heavy atom. The first kappa shape index (κ1) is 27.6. The van der Waals surface area contributed by atoms with Crippen LogP contribution in [0.2, 0.25) is 5.02 Å². The van der Waals surface area contributed by atoms with Crippen LogP contribution in [0.4, 0.5) is 0 Å². The molecule has 1 unspecified atom stereocenters. The predicted octanol–water partition coefficient (Wildman–Crippen LogP) is 4.57. The molecule has 8 heteroatoms. The summed E-state index contributed by atoms with van der Waals surface area (Å²) in [7, 11) is 1.69. The average Bonchev–Trinajstić information content (AvgIpc) is 2.98. The average molecular weight is 556 g/mol. The predicted molar refractivity (Wildman–Crippen MR) is 155 cm³/mol. The molecule has 0 bridgehead atoms. The van der Waals surface area contributed by atoms with Gasteiger partial charge in [-0.25, -0.2) is 0 Å². The number of carbonyl (C=O) groups is 1. The molecular weight excluding hydrogens is 526 g/mol. The zero-order valence-corrected chi connectivity index (χ0v) is 22.9. The van der Waals surface area contributed by atoms with Crippen LogP contribution < -0.4 is 10.7 Å². The van der Waals surface area contributed by atoms with Crippen LogP contribution in [0.3, 0.4) is 0 Å². The number of hydrogen-bond acceptors (Lipinski definition) is 5. The number of halogens is 1. The number of nitrogens with zero attached hydrogens (tertiary/aromatic N) is 2. The van der Waals surface area contributed by atoms with Gasteiger partial charge >= 0.3 is 0 Å². The smallest absolute Gasteiger partial charge is 0.276 e. The van der Waals surface area contributed by atoms with Crippen molar-refractivity contribution in [1.82, 2.24) is 15.1 Å². The zero-order valence-electron chi connectivity index (χ0n) is 22.2. The first-order valence-corrected chi connectivity index (χ1v) is 13.7. The van der Waals surface area contributed by atoms with Crippen LogP contribution in [-0.4, -0.2) is 34.0 Å². The molecule has 2 heterocycles. The van der Waals surface area contributed by atoms with Crippen LogP contribution in [0.1, 0.15) is 51.7 Å². The van der Waals surface area contributed by atoms with E-state index < -0.39 is 17.4 Å². The Labute approximate surface area is 237 Å². The highest BCUT2D eigenvalue weighted by Gasteiger charge is 2.21. The standard InChI is InChI=1S/C32H30ClN3O4/c1-36-30-25(9-12-28(37)24-5-3-2-4-6-24)18-23(17-21-13-15-40-16-14-21)19-27(30)31(38)29(35-36)32(39)34-20-22-7-10-26(33)11-8-22/h2-8,10-11,18-19,21,28,37H,13-17,20H2,1H3,(H,34,39). The lowest BCUT2D eigenvalue weighted by molar-refractivity contribution is 0.0665. The van der Waals surface area contributed by atoms with Crippen molar-refractivity contribution in [1.29, 1.82) is 0 Å². The Bertz CT molecular complexity index is 1630. The summed E-state index contributed by atoms with van der Waals surface area (Å²) in [6, 6.07) is 20.1. The van der Waals surface area contributed by atoms with Crippen molar-refractivity contribution in [2.24, 2.45) is 13.0 Å². The fourth-order valence-corrected chi connectivity index (χ4v) is 5.09. The molecule has 1 aliphatic heterocycles. The van der Waals surface area contributed by atoms with Gasteiger partial charge in [0, 0.05) is 31.8 Å². The highest BCUT2D eigenvalue weighted by molar-refractivity contribution is 6.30. The van der Waals surface area contributed by atoms with Crippen molar-refractivity contribution in [3.05, 3.63) is 110 Å². The van der Waals surface area contributed by atoms with E-state index in [2.05, 4.69) is 22.3 Å². The third-order valence-corrected chi connectivity index (χ3v) is 7.36. The number of aromatic nitrogens is 2. The van der Waals surface area contributed by atoms with Gasteiger partial charge in [0.1, 0.15) is 6.10 Å². The Morgan fingerprint density at radius 2 is 1.85 bits per heavy atom. The number of nitrogens with one attached hydrogen (secondary N) is 1. The molecule has 0 saturated carbocycles. The van der Waals surface area contributed by atoms with E-state index in [-0.39, 0.29) is 12.2 Å². The number of aryl methyl sites for hydroxylation is 1. The fourth-order valence-electron chi connectivity index (χ4n) is 4.97. The molecule has 204 valence electrons. The monoisotopic (exact) mass is 555 g/mol. The van der Waals surface area contributed by atoms with E-state index in [1.54, 1.807) is 19.2 Å². The molecule has 1 aliphatic rings. The first-order chi connectivity index (χ1) is 19.4. The quantitative estimate of drug-likeness (QED) is 0.340. The van der Waals surface area contributed by atoms with Gasteiger partial charge in [-0.3, -0.25) is 14.3 Å². The van der Waals surface area contributed by atoms with E-state index in [0.717, 1.165) is 43.6 Å². The van der Waals surface area contributed by atoms with Crippen molar-refractivity contribution in [2.45, 2.75) is 31.9 Å². The summed E-state index contributed by atoms with van der Waals surface area (Å²) >= 11 is 5.95. The second-order valence-corrected chi connectivity index (χ2v) is 10.4. The highest BCUT2D eigenvalue weighted by atomic mass is 35.5. The summed E-state index contributed by atoms with van der Waals surface area (Å²) in [5, 5.41) is 18.8. The minimum absolute atomic E-state index is 0.185. The molecule has 3 aromatic carbocycles. The Kier molecular flexibility index (Phi) is 8.61. The van der Waals surface area contributed by atoms with Gasteiger partial charge in [-0.2, -0.15) is 5.10 Å². The van der Waals surface area contributed by atoms with Crippen LogP contribution in [0.5, 0.6) is 0 Å². The van der Waals surface area contributed by atoms with Gasteiger partial charge in [0.05, 0.1) is 16.5 Å². The SMILES string of the molecule is Cn1nc(C(=O)NCc2ccc(Cl)cc2)c(=O)c2cc(CC3CCOCC3)cc(C#CC(O)c3ccccc3)c21. The summed E-state index contributed by atoms with van der Waals surface area (Å²) in [4.78, 5) is 26.7. The normalized spacial score (nSPS) is 14.4. The summed E-state index contributed by atoms with van der Waals surface area (Å²) in [5.41, 5.74) is 2.94. The largest absolute Gasteiger partial charge is 0.381 e. The number of hydrogen-bond donors (Lipinski definition) is 2. The van der Waals surface area contributed by atoms with E-state index in [1.807, 2.05) is 54.6 Å². The molecular formula is C32H30ClN3O4. The Morgan fingerprint density at radius 1 is 1.12 bits per heavy atom. The number of aliphatic hydroxyl groups excluding tert-OH is 1. The molecule has 0 spiro atoms. The summed E-state index contributed by atoms with van der Waals surface area (Å²) < 4.78 is 7.03. The molecule has 0 radical (unpaired) electrons. The molecule has 1 atom stereocenters. The van der Waals surface area contributed by atoms with E-state index in [4.69, 9.17) is 16.3 Å². The number of aliphatic hydroxyl groups is 1. The maximum Gasteiger partial charge on any atom is 0.276 e. The third kappa shape index (κ3) is 6.43. The Balaban J connectivity index is 1.53. The summed E-state index contributed by atoms with van der Waals surface area (Å²) in [6.07, 6.45) is 1.66. The fraction of sp³-hybridized carbons (Fsp3) is 0.281. The third-order valence-electron chi connectivity index (χ3n) is 7.11. The number of benzene rings is 3. The number of amides is 1. The van der Waals surface area contributed by atoms with Gasteiger partial charge in [-0.15, -0.1) is 0 Å². The maximum atomic E-state index is 13.7. The molecule has 1 amide bonds. The summed E-state index contributed by atoms with van der Waals surface area (Å²) in [5.74, 6) is 5.88. The van der Waals surface area contributed by atoms with E-state index in [9.17, 15) is 14.7 Å². The Hall–Kier alpha value is -3.96. The second-order valence-electron chi connectivity index (χ2n) is 9.99. The van der Waals surface area contributed by atoms with Crippen molar-refractivity contribution < 1.29 is 14.6 Å². The summed E-state index contributed by atoms with van der Waals surface area (Å²) in [6.45, 7) is 1.67. The number of rotatable bonds is 6. The maximum absolute atomic E-state index is 13.7. The lowest BCUT2D eigenvalue weighted by Gasteiger charge is -2.22. The van der Waals surface area contributed by atoms with Crippen LogP contribution in [0.25, 0.3) is 10.9 Å². The van der Waals surface area contributed by atoms with E-state index in [1.165, 1.54) is 4.68 Å². The molecule has 1 saturated heterocycles. The molecule has 7 nitrogen and oxygen atoms in total. The van der Waals surface area contributed by atoms with Gasteiger partial charge in [0.15, 0.2) is 5.69 Å². The topological polar surface area (TPSA) is 93.5 Å². The minimum atomic E-state index is -0.988. The minimum Gasteiger partial charge on any atom is -0.381 e. The molecule has 0 aliphatic carbocycles. The van der Waals surface area contributed by atoms with Crippen LogP contribution in [0.15, 0.2) is 71.5 Å². The zero-order chi connectivity index (χ0) is 28.1. The molecule has 5 rings (SSSR count). The van der Waals surface area contributed by atoms with Crippen molar-refractivity contribution in [3.63, 3.8) is 0 Å². The number of ether oxygens (including phenoxy) is 1. The second kappa shape index (κ2) is 12.5. The van der Waals surface area contributed by atoms with Crippen molar-refractivity contribution in [3.8, 4) is 11.8 Å². The van der Waals surface area contributed by atoms with Gasteiger partial charge in [-0.05, 0) is 66.1 Å².